The third-order valence-electron chi connectivity index (χ3n) is 4.94. The summed E-state index contributed by atoms with van der Waals surface area (Å²) >= 11 is 0. The standard InChI is InChI=1S/C20H22N2O3/c1-13-5-7-15(8-6-13)16-10-17(12-21-11-16)19(23)22-9-3-4-18(14(22)2)20(24)25/h5-8,10-12,14,18H,3-4,9H2,1-2H3,(H,24,25)/t14-,18-/m1/s1. The minimum Gasteiger partial charge on any atom is -0.481 e. The smallest absolute Gasteiger partial charge is 0.308 e. The summed E-state index contributed by atoms with van der Waals surface area (Å²) in [7, 11) is 0. The zero-order valence-electron chi connectivity index (χ0n) is 14.5. The van der Waals surface area contributed by atoms with Gasteiger partial charge in [0.2, 0.25) is 0 Å². The maximum Gasteiger partial charge on any atom is 0.308 e. The second-order valence-electron chi connectivity index (χ2n) is 6.65. The minimum absolute atomic E-state index is 0.153. The Balaban J connectivity index is 1.86. The fourth-order valence-electron chi connectivity index (χ4n) is 3.39. The third kappa shape index (κ3) is 3.55. The van der Waals surface area contributed by atoms with Crippen LogP contribution in [0.15, 0.2) is 42.7 Å². The number of carbonyl (C=O) groups excluding carboxylic acids is 1. The van der Waals surface area contributed by atoms with Gasteiger partial charge in [-0.15, -0.1) is 0 Å². The van der Waals surface area contributed by atoms with Crippen molar-refractivity contribution in [3.63, 3.8) is 0 Å². The molecule has 1 N–H and O–H groups in total. The predicted octanol–water partition coefficient (Wildman–Crippen LogP) is 3.38. The number of carboxylic acids is 1. The summed E-state index contributed by atoms with van der Waals surface area (Å²) < 4.78 is 0. The van der Waals surface area contributed by atoms with Crippen LogP contribution in [0.3, 0.4) is 0 Å². The molecule has 25 heavy (non-hydrogen) atoms. The van der Waals surface area contributed by atoms with Gasteiger partial charge in [-0.1, -0.05) is 29.8 Å². The van der Waals surface area contributed by atoms with Gasteiger partial charge in [-0.05, 0) is 38.3 Å². The number of pyridine rings is 1. The second kappa shape index (κ2) is 7.05. The van der Waals surface area contributed by atoms with Crippen molar-refractivity contribution in [2.75, 3.05) is 6.54 Å². The summed E-state index contributed by atoms with van der Waals surface area (Å²) in [6.45, 7) is 4.42. The maximum atomic E-state index is 12.9. The first-order valence-electron chi connectivity index (χ1n) is 8.53. The molecule has 5 heteroatoms. The molecule has 1 amide bonds. The molecule has 1 aromatic heterocycles. The van der Waals surface area contributed by atoms with Crippen LogP contribution in [-0.4, -0.2) is 39.5 Å². The van der Waals surface area contributed by atoms with E-state index in [0.29, 0.717) is 24.9 Å². The van der Waals surface area contributed by atoms with E-state index in [4.69, 9.17) is 0 Å². The minimum atomic E-state index is -0.837. The number of aliphatic carboxylic acids is 1. The van der Waals surface area contributed by atoms with Gasteiger partial charge in [0.25, 0.3) is 5.91 Å². The first-order chi connectivity index (χ1) is 12.0. The molecule has 1 aliphatic rings. The number of carbonyl (C=O) groups is 2. The van der Waals surface area contributed by atoms with Gasteiger partial charge in [0, 0.05) is 30.5 Å². The Morgan fingerprint density at radius 1 is 1.16 bits per heavy atom. The fraction of sp³-hybridized carbons (Fsp3) is 0.350. The molecule has 2 aromatic rings. The number of benzene rings is 1. The van der Waals surface area contributed by atoms with Crippen LogP contribution in [-0.2, 0) is 4.79 Å². The molecular weight excluding hydrogens is 316 g/mol. The van der Waals surface area contributed by atoms with Crippen molar-refractivity contribution in [2.45, 2.75) is 32.7 Å². The van der Waals surface area contributed by atoms with Crippen LogP contribution in [0.4, 0.5) is 0 Å². The monoisotopic (exact) mass is 338 g/mol. The normalized spacial score (nSPS) is 20.3. The highest BCUT2D eigenvalue weighted by Gasteiger charge is 2.35. The van der Waals surface area contributed by atoms with E-state index in [1.165, 1.54) is 5.56 Å². The summed E-state index contributed by atoms with van der Waals surface area (Å²) in [5.41, 5.74) is 3.55. The molecular formula is C20H22N2O3. The molecule has 0 unspecified atom stereocenters. The van der Waals surface area contributed by atoms with Crippen molar-refractivity contribution >= 4 is 11.9 Å². The van der Waals surface area contributed by atoms with Crippen molar-refractivity contribution in [2.24, 2.45) is 5.92 Å². The number of hydrogen-bond donors (Lipinski definition) is 1. The van der Waals surface area contributed by atoms with E-state index >= 15 is 0 Å². The molecule has 2 atom stereocenters. The van der Waals surface area contributed by atoms with Gasteiger partial charge < -0.3 is 10.0 Å². The lowest BCUT2D eigenvalue weighted by Gasteiger charge is -2.37. The number of aromatic nitrogens is 1. The van der Waals surface area contributed by atoms with E-state index in [-0.39, 0.29) is 11.9 Å². The van der Waals surface area contributed by atoms with Crippen LogP contribution in [0.2, 0.25) is 0 Å². The van der Waals surface area contributed by atoms with Crippen molar-refractivity contribution < 1.29 is 14.7 Å². The maximum absolute atomic E-state index is 12.9. The van der Waals surface area contributed by atoms with E-state index in [0.717, 1.165) is 11.1 Å². The van der Waals surface area contributed by atoms with Crippen LogP contribution in [0, 0.1) is 12.8 Å². The SMILES string of the molecule is Cc1ccc(-c2cncc(C(=O)N3CCC[C@@H](C(=O)O)[C@H]3C)c2)cc1. The zero-order chi connectivity index (χ0) is 18.0. The van der Waals surface area contributed by atoms with E-state index in [2.05, 4.69) is 4.98 Å². The highest BCUT2D eigenvalue weighted by molar-refractivity contribution is 5.95. The number of hydrogen-bond acceptors (Lipinski definition) is 3. The number of nitrogens with zero attached hydrogens (tertiary/aromatic N) is 2. The molecule has 0 aliphatic carbocycles. The fourth-order valence-corrected chi connectivity index (χ4v) is 3.39. The molecule has 0 saturated carbocycles. The Labute approximate surface area is 147 Å². The van der Waals surface area contributed by atoms with Gasteiger partial charge in [0.1, 0.15) is 0 Å². The summed E-state index contributed by atoms with van der Waals surface area (Å²) in [5, 5.41) is 9.34. The van der Waals surface area contributed by atoms with Gasteiger partial charge in [-0.3, -0.25) is 14.6 Å². The van der Waals surface area contributed by atoms with Gasteiger partial charge in [0.05, 0.1) is 11.5 Å². The van der Waals surface area contributed by atoms with Crippen LogP contribution in [0.1, 0.15) is 35.7 Å². The molecule has 0 spiro atoms. The largest absolute Gasteiger partial charge is 0.481 e. The van der Waals surface area contributed by atoms with Crippen LogP contribution >= 0.6 is 0 Å². The first kappa shape index (κ1) is 17.1. The molecule has 1 saturated heterocycles. The van der Waals surface area contributed by atoms with Crippen LogP contribution in [0.5, 0.6) is 0 Å². The number of rotatable bonds is 3. The van der Waals surface area contributed by atoms with E-state index in [9.17, 15) is 14.7 Å². The lowest BCUT2D eigenvalue weighted by atomic mass is 9.90. The van der Waals surface area contributed by atoms with E-state index < -0.39 is 11.9 Å². The Bertz CT molecular complexity index is 786. The molecule has 1 fully saturated rings. The van der Waals surface area contributed by atoms with E-state index in [1.54, 1.807) is 17.3 Å². The van der Waals surface area contributed by atoms with Crippen molar-refractivity contribution in [1.29, 1.82) is 0 Å². The highest BCUT2D eigenvalue weighted by atomic mass is 16.4. The molecule has 5 nitrogen and oxygen atoms in total. The topological polar surface area (TPSA) is 70.5 Å². The Hall–Kier alpha value is -2.69. The molecule has 0 bridgehead atoms. The van der Waals surface area contributed by atoms with Crippen LogP contribution in [0.25, 0.3) is 11.1 Å². The number of aryl methyl sites for hydroxylation is 1. The van der Waals surface area contributed by atoms with Gasteiger partial charge in [0.15, 0.2) is 0 Å². The van der Waals surface area contributed by atoms with E-state index in [1.807, 2.05) is 44.2 Å². The molecule has 3 rings (SSSR count). The summed E-state index contributed by atoms with van der Waals surface area (Å²) in [5.74, 6) is -1.50. The first-order valence-corrected chi connectivity index (χ1v) is 8.53. The Kier molecular flexibility index (Phi) is 4.83. The lowest BCUT2D eigenvalue weighted by molar-refractivity contribution is -0.144. The lowest BCUT2D eigenvalue weighted by Crippen LogP contribution is -2.49. The Morgan fingerprint density at radius 3 is 2.56 bits per heavy atom. The van der Waals surface area contributed by atoms with Gasteiger partial charge >= 0.3 is 5.97 Å². The summed E-state index contributed by atoms with van der Waals surface area (Å²) in [6.07, 6.45) is 4.61. The quantitative estimate of drug-likeness (QED) is 0.931. The molecule has 1 aromatic carbocycles. The molecule has 2 heterocycles. The van der Waals surface area contributed by atoms with Crippen molar-refractivity contribution in [3.8, 4) is 11.1 Å². The molecule has 1 aliphatic heterocycles. The van der Waals surface area contributed by atoms with Crippen molar-refractivity contribution in [3.05, 3.63) is 53.9 Å². The van der Waals surface area contributed by atoms with Crippen LogP contribution < -0.4 is 0 Å². The third-order valence-corrected chi connectivity index (χ3v) is 4.94. The summed E-state index contributed by atoms with van der Waals surface area (Å²) in [4.78, 5) is 30.2. The highest BCUT2D eigenvalue weighted by Crippen LogP contribution is 2.26. The summed E-state index contributed by atoms with van der Waals surface area (Å²) in [6, 6.07) is 9.57. The van der Waals surface area contributed by atoms with Gasteiger partial charge in [-0.25, -0.2) is 0 Å². The van der Waals surface area contributed by atoms with Crippen molar-refractivity contribution in [1.82, 2.24) is 9.88 Å². The number of piperidine rings is 1. The average molecular weight is 338 g/mol. The number of amides is 1. The Morgan fingerprint density at radius 2 is 1.88 bits per heavy atom. The second-order valence-corrected chi connectivity index (χ2v) is 6.65. The number of carboxylic acid groups (broad SMARTS) is 1. The van der Waals surface area contributed by atoms with Gasteiger partial charge in [-0.2, -0.15) is 0 Å². The number of likely N-dealkylation sites (tertiary alicyclic amines) is 1. The predicted molar refractivity (Wildman–Crippen MR) is 95.3 cm³/mol. The molecule has 0 radical (unpaired) electrons. The zero-order valence-corrected chi connectivity index (χ0v) is 14.5. The average Bonchev–Trinajstić information content (AvgIpc) is 2.62. The molecule has 130 valence electrons.